The van der Waals surface area contributed by atoms with E-state index in [0.717, 1.165) is 64.2 Å². The Bertz CT molecular complexity index is 322. The molecule has 0 amide bonds. The Balaban J connectivity index is 5.92. The van der Waals surface area contributed by atoms with Crippen molar-refractivity contribution < 1.29 is 22.3 Å². The predicted molar refractivity (Wildman–Crippen MR) is 96.3 cm³/mol. The first kappa shape index (κ1) is 24.7. The van der Waals surface area contributed by atoms with Crippen LogP contribution in [0.4, 0.5) is 17.6 Å². The molecule has 0 bridgehead atoms. The molecule has 0 aliphatic heterocycles. The van der Waals surface area contributed by atoms with Gasteiger partial charge in [-0.2, -0.15) is 8.78 Å². The van der Waals surface area contributed by atoms with E-state index in [9.17, 15) is 17.6 Å². The zero-order chi connectivity index (χ0) is 19.6. The molecule has 0 aromatic rings. The smallest absolute Gasteiger partial charge is 0.315 e. The van der Waals surface area contributed by atoms with Crippen molar-refractivity contribution in [3.63, 3.8) is 0 Å². The van der Waals surface area contributed by atoms with E-state index in [1.165, 1.54) is 0 Å². The second-order valence-corrected chi connectivity index (χ2v) is 7.46. The Labute approximate surface area is 151 Å². The summed E-state index contributed by atoms with van der Waals surface area (Å²) in [6, 6.07) is 0. The minimum Gasteiger partial charge on any atom is -0.315 e. The van der Waals surface area contributed by atoms with E-state index in [-0.39, 0.29) is 12.0 Å². The molecule has 0 aliphatic carbocycles. The highest BCUT2D eigenvalue weighted by atomic mass is 19.3. The van der Waals surface area contributed by atoms with E-state index in [1.54, 1.807) is 0 Å². The van der Waals surface area contributed by atoms with Crippen LogP contribution in [-0.4, -0.2) is 19.1 Å². The van der Waals surface area contributed by atoms with Gasteiger partial charge in [-0.05, 0) is 42.9 Å². The first-order valence-electron chi connectivity index (χ1n) is 10.0. The van der Waals surface area contributed by atoms with E-state index >= 15 is 0 Å². The highest BCUT2D eigenvalue weighted by Crippen LogP contribution is 2.56. The van der Waals surface area contributed by atoms with Crippen LogP contribution in [0, 0.1) is 10.8 Å². The zero-order valence-electron chi connectivity index (χ0n) is 16.8. The first-order valence-corrected chi connectivity index (χ1v) is 10.0. The van der Waals surface area contributed by atoms with Crippen molar-refractivity contribution in [2.75, 3.05) is 6.61 Å². The first-order chi connectivity index (χ1) is 11.7. The van der Waals surface area contributed by atoms with Gasteiger partial charge in [-0.25, -0.2) is 8.78 Å². The van der Waals surface area contributed by atoms with Gasteiger partial charge in [0.2, 0.25) is 0 Å². The molecule has 0 rings (SSSR count). The molecule has 0 heterocycles. The van der Waals surface area contributed by atoms with Crippen LogP contribution in [0.2, 0.25) is 0 Å². The van der Waals surface area contributed by atoms with Crippen molar-refractivity contribution in [1.29, 1.82) is 0 Å². The van der Waals surface area contributed by atoms with Gasteiger partial charge in [0.05, 0.1) is 6.61 Å². The summed E-state index contributed by atoms with van der Waals surface area (Å²) >= 11 is 0. The quantitative estimate of drug-likeness (QED) is 0.267. The zero-order valence-corrected chi connectivity index (χ0v) is 16.8. The Hall–Kier alpha value is -0.320. The molecular formula is C20H38F4O. The second kappa shape index (κ2) is 11.4. The van der Waals surface area contributed by atoms with Crippen LogP contribution in [0.5, 0.6) is 0 Å². The van der Waals surface area contributed by atoms with E-state index < -0.39 is 17.9 Å². The van der Waals surface area contributed by atoms with Crippen LogP contribution in [0.3, 0.4) is 0 Å². The van der Waals surface area contributed by atoms with E-state index in [2.05, 4.69) is 25.5 Å². The van der Waals surface area contributed by atoms with Crippen LogP contribution in [0.25, 0.3) is 0 Å². The van der Waals surface area contributed by atoms with Gasteiger partial charge in [0, 0.05) is 0 Å². The Kier molecular flexibility index (Phi) is 11.3. The van der Waals surface area contributed by atoms with Crippen molar-refractivity contribution in [3.05, 3.63) is 0 Å². The molecule has 0 saturated carbocycles. The molecule has 0 radical (unpaired) electrons. The van der Waals surface area contributed by atoms with Crippen molar-refractivity contribution in [1.82, 2.24) is 0 Å². The lowest BCUT2D eigenvalue weighted by Crippen LogP contribution is -2.48. The van der Waals surface area contributed by atoms with Gasteiger partial charge in [-0.1, -0.05) is 66.7 Å². The van der Waals surface area contributed by atoms with E-state index in [4.69, 9.17) is 0 Å². The van der Waals surface area contributed by atoms with Crippen LogP contribution in [0.1, 0.15) is 98.8 Å². The summed E-state index contributed by atoms with van der Waals surface area (Å²) in [6.45, 7) is 10.1. The number of alkyl halides is 4. The van der Waals surface area contributed by atoms with Crippen LogP contribution < -0.4 is 0 Å². The summed E-state index contributed by atoms with van der Waals surface area (Å²) in [4.78, 5) is 0. The van der Waals surface area contributed by atoms with Gasteiger partial charge in [0.1, 0.15) is 0 Å². The summed E-state index contributed by atoms with van der Waals surface area (Å²) in [5.74, 6) is 0. The lowest BCUT2D eigenvalue weighted by atomic mass is 9.54. The maximum absolute atomic E-state index is 13.5. The average molecular weight is 371 g/mol. The number of hydrogen-bond acceptors (Lipinski definition) is 1. The number of hydrogen-bond donors (Lipinski definition) is 0. The van der Waals surface area contributed by atoms with Crippen LogP contribution >= 0.6 is 0 Å². The molecule has 0 unspecified atom stereocenters. The normalized spacial score (nSPS) is 13.7. The molecule has 0 aliphatic rings. The van der Waals surface area contributed by atoms with Gasteiger partial charge in [-0.3, -0.25) is 0 Å². The van der Waals surface area contributed by atoms with Crippen molar-refractivity contribution in [2.45, 2.75) is 111 Å². The Morgan fingerprint density at radius 1 is 0.640 bits per heavy atom. The fraction of sp³-hybridized carbons (Fsp3) is 1.00. The Morgan fingerprint density at radius 2 is 0.960 bits per heavy atom. The molecule has 1 nitrogen and oxygen atoms in total. The van der Waals surface area contributed by atoms with Crippen molar-refractivity contribution in [3.8, 4) is 0 Å². The van der Waals surface area contributed by atoms with Crippen LogP contribution in [0.15, 0.2) is 0 Å². The summed E-state index contributed by atoms with van der Waals surface area (Å²) in [6.07, 6.45) is 0.649. The largest absolute Gasteiger partial charge is 0.416 e. The van der Waals surface area contributed by atoms with Crippen LogP contribution in [-0.2, 0) is 4.74 Å². The second-order valence-electron chi connectivity index (χ2n) is 7.46. The summed E-state index contributed by atoms with van der Waals surface area (Å²) in [5.41, 5.74) is -0.605. The lowest BCUT2D eigenvalue weighted by Gasteiger charge is -2.52. The summed E-state index contributed by atoms with van der Waals surface area (Å²) in [7, 11) is 0. The highest BCUT2D eigenvalue weighted by Gasteiger charge is 2.51. The predicted octanol–water partition coefficient (Wildman–Crippen LogP) is 7.83. The van der Waals surface area contributed by atoms with E-state index in [0.29, 0.717) is 0 Å². The topological polar surface area (TPSA) is 9.23 Å². The maximum atomic E-state index is 13.5. The molecule has 152 valence electrons. The third-order valence-electron chi connectivity index (χ3n) is 5.56. The average Bonchev–Trinajstić information content (AvgIpc) is 2.53. The monoisotopic (exact) mass is 370 g/mol. The fourth-order valence-corrected chi connectivity index (χ4v) is 4.81. The minimum absolute atomic E-state index is 0.129. The number of ether oxygens (including phenoxy) is 1. The number of halogens is 4. The highest BCUT2D eigenvalue weighted by molar-refractivity contribution is 4.98. The molecule has 0 spiro atoms. The molecule has 0 N–H and O–H groups in total. The third kappa shape index (κ3) is 6.41. The molecule has 0 atom stereocenters. The van der Waals surface area contributed by atoms with Gasteiger partial charge >= 0.3 is 12.5 Å². The van der Waals surface area contributed by atoms with Gasteiger partial charge in [0.25, 0.3) is 0 Å². The summed E-state index contributed by atoms with van der Waals surface area (Å²) in [5, 5.41) is 0. The molecule has 5 heteroatoms. The molecule has 0 aromatic carbocycles. The lowest BCUT2D eigenvalue weighted by molar-refractivity contribution is -0.316. The van der Waals surface area contributed by atoms with E-state index in [1.807, 2.05) is 13.8 Å². The standard InChI is InChI=1S/C20H38F4O/c1-6-11-18(12-7-2,13-8-3)19(14-9-4,15-10-5)16-25-20(23,24)17(21)22/h17H,6-16H2,1-5H3. The van der Waals surface area contributed by atoms with Crippen molar-refractivity contribution in [2.24, 2.45) is 10.8 Å². The third-order valence-corrected chi connectivity index (χ3v) is 5.56. The summed E-state index contributed by atoms with van der Waals surface area (Å²) < 4.78 is 56.9. The molecule has 0 fully saturated rings. The SMILES string of the molecule is CCCC(CCC)(CCC)C(CCC)(CCC)COC(F)(F)C(F)F. The Morgan fingerprint density at radius 3 is 1.24 bits per heavy atom. The minimum atomic E-state index is -4.37. The van der Waals surface area contributed by atoms with Crippen molar-refractivity contribution >= 4 is 0 Å². The maximum Gasteiger partial charge on any atom is 0.416 e. The fourth-order valence-electron chi connectivity index (χ4n) is 4.81. The molecule has 0 saturated heterocycles. The van der Waals surface area contributed by atoms with Gasteiger partial charge in [-0.15, -0.1) is 0 Å². The number of rotatable bonds is 15. The van der Waals surface area contributed by atoms with Gasteiger partial charge < -0.3 is 4.74 Å². The molecular weight excluding hydrogens is 332 g/mol. The van der Waals surface area contributed by atoms with Gasteiger partial charge in [0.15, 0.2) is 0 Å². The molecule has 0 aromatic heterocycles. The molecule has 25 heavy (non-hydrogen) atoms.